The van der Waals surface area contributed by atoms with E-state index in [4.69, 9.17) is 4.74 Å². The van der Waals surface area contributed by atoms with Crippen LogP contribution in [0, 0.1) is 12.8 Å². The quantitative estimate of drug-likeness (QED) is 0.633. The van der Waals surface area contributed by atoms with Crippen LogP contribution in [0.5, 0.6) is 0 Å². The maximum absolute atomic E-state index is 12.7. The Balaban J connectivity index is 1.81. The van der Waals surface area contributed by atoms with Gasteiger partial charge < -0.3 is 10.1 Å². The first-order chi connectivity index (χ1) is 12.5. The topological polar surface area (TPSA) is 90.3 Å². The molecule has 0 saturated carbocycles. The highest BCUT2D eigenvalue weighted by Crippen LogP contribution is 2.29. The number of carbonyl (C=O) groups is 2. The molecule has 3 rings (SSSR count). The molecule has 1 N–H and O–H groups in total. The molecule has 0 bridgehead atoms. The molecule has 1 aliphatic rings. The van der Waals surface area contributed by atoms with Crippen LogP contribution in [0.15, 0.2) is 21.4 Å². The molecule has 0 saturated heterocycles. The van der Waals surface area contributed by atoms with Crippen LogP contribution in [0.3, 0.4) is 0 Å². The first kappa shape index (κ1) is 18.7. The summed E-state index contributed by atoms with van der Waals surface area (Å²) in [7, 11) is 1.30. The summed E-state index contributed by atoms with van der Waals surface area (Å²) in [6.45, 7) is 4.04. The van der Waals surface area contributed by atoms with Crippen LogP contribution in [0.2, 0.25) is 0 Å². The number of fused-ring (bicyclic) bond motifs is 1. The summed E-state index contributed by atoms with van der Waals surface area (Å²) in [6.07, 6.45) is 0.608. The van der Waals surface area contributed by atoms with Gasteiger partial charge in [0.1, 0.15) is 5.00 Å². The van der Waals surface area contributed by atoms with Crippen molar-refractivity contribution in [3.05, 3.63) is 38.6 Å². The van der Waals surface area contributed by atoms with Gasteiger partial charge in [-0.2, -0.15) is 0 Å². The van der Waals surface area contributed by atoms with E-state index in [9.17, 15) is 14.4 Å². The molecule has 0 fully saturated rings. The summed E-state index contributed by atoms with van der Waals surface area (Å²) in [5, 5.41) is 5.63. The second kappa shape index (κ2) is 7.63. The molecule has 0 aromatic carbocycles. The standard InChI is InChI=1S/C17H19N3O4S2/c1-4-11-9(2)18-17-20(15(11)22)7-10(8-26-17)13(21)19-14-12(5-6-25-14)16(23)24-3/h5-6,10H,4,7-8H2,1-3H3,(H,19,21)/t10-/m0/s1. The van der Waals surface area contributed by atoms with Crippen molar-refractivity contribution in [2.45, 2.75) is 32.0 Å². The minimum atomic E-state index is -0.492. The van der Waals surface area contributed by atoms with Gasteiger partial charge in [0.2, 0.25) is 5.91 Å². The smallest absolute Gasteiger partial charge is 0.340 e. The predicted molar refractivity (Wildman–Crippen MR) is 101 cm³/mol. The summed E-state index contributed by atoms with van der Waals surface area (Å²) in [4.78, 5) is 41.6. The van der Waals surface area contributed by atoms with Crippen molar-refractivity contribution in [3.63, 3.8) is 0 Å². The zero-order valence-corrected chi connectivity index (χ0v) is 16.3. The van der Waals surface area contributed by atoms with Gasteiger partial charge in [-0.15, -0.1) is 11.3 Å². The number of nitrogens with one attached hydrogen (secondary N) is 1. The molecule has 0 spiro atoms. The molecule has 9 heteroatoms. The van der Waals surface area contributed by atoms with Crippen LogP contribution in [0.25, 0.3) is 0 Å². The van der Waals surface area contributed by atoms with Crippen LogP contribution >= 0.6 is 23.1 Å². The molecule has 138 valence electrons. The molecule has 0 unspecified atom stereocenters. The average Bonchev–Trinajstić information content (AvgIpc) is 3.09. The number of nitrogens with zero attached hydrogens (tertiary/aromatic N) is 2. The lowest BCUT2D eigenvalue weighted by atomic mass is 10.1. The molecule has 1 atom stereocenters. The number of ether oxygens (including phenoxy) is 1. The normalized spacial score (nSPS) is 16.0. The maximum atomic E-state index is 12.7. The number of methoxy groups -OCH3 is 1. The van der Waals surface area contributed by atoms with E-state index >= 15 is 0 Å². The van der Waals surface area contributed by atoms with Crippen molar-refractivity contribution in [2.75, 3.05) is 18.2 Å². The molecule has 0 aliphatic carbocycles. The predicted octanol–water partition coefficient (Wildman–Crippen LogP) is 2.32. The van der Waals surface area contributed by atoms with Crippen LogP contribution in [0.4, 0.5) is 5.00 Å². The van der Waals surface area contributed by atoms with Crippen molar-refractivity contribution >= 4 is 40.0 Å². The highest BCUT2D eigenvalue weighted by Gasteiger charge is 2.29. The lowest BCUT2D eigenvalue weighted by molar-refractivity contribution is -0.119. The van der Waals surface area contributed by atoms with Gasteiger partial charge in [0.15, 0.2) is 5.16 Å². The molecule has 3 heterocycles. The fraction of sp³-hybridized carbons (Fsp3) is 0.412. The van der Waals surface area contributed by atoms with Gasteiger partial charge in [-0.25, -0.2) is 9.78 Å². The monoisotopic (exact) mass is 393 g/mol. The Morgan fingerprint density at radius 2 is 2.23 bits per heavy atom. The van der Waals surface area contributed by atoms with E-state index in [1.165, 1.54) is 30.2 Å². The Kier molecular flexibility index (Phi) is 5.47. The highest BCUT2D eigenvalue weighted by atomic mass is 32.2. The number of thiophene rings is 1. The number of hydrogen-bond donors (Lipinski definition) is 1. The fourth-order valence-corrected chi connectivity index (χ4v) is 4.75. The van der Waals surface area contributed by atoms with Crippen LogP contribution in [-0.4, -0.2) is 34.3 Å². The zero-order chi connectivity index (χ0) is 18.8. The summed E-state index contributed by atoms with van der Waals surface area (Å²) in [5.41, 5.74) is 1.69. The second-order valence-electron chi connectivity index (χ2n) is 5.88. The Morgan fingerprint density at radius 3 is 2.92 bits per heavy atom. The minimum Gasteiger partial charge on any atom is -0.465 e. The van der Waals surface area contributed by atoms with Crippen LogP contribution < -0.4 is 10.9 Å². The third kappa shape index (κ3) is 3.41. The number of carbonyl (C=O) groups excluding carboxylic acids is 2. The van der Waals surface area contributed by atoms with Gasteiger partial charge >= 0.3 is 5.97 Å². The Morgan fingerprint density at radius 1 is 1.46 bits per heavy atom. The first-order valence-electron chi connectivity index (χ1n) is 8.16. The van der Waals surface area contributed by atoms with Gasteiger partial charge in [0.25, 0.3) is 5.56 Å². The average molecular weight is 393 g/mol. The zero-order valence-electron chi connectivity index (χ0n) is 14.7. The number of rotatable bonds is 4. The number of hydrogen-bond acceptors (Lipinski definition) is 7. The maximum Gasteiger partial charge on any atom is 0.340 e. The summed E-state index contributed by atoms with van der Waals surface area (Å²) < 4.78 is 6.30. The van der Waals surface area contributed by atoms with E-state index in [0.29, 0.717) is 33.5 Å². The third-order valence-corrected chi connectivity index (χ3v) is 6.25. The van der Waals surface area contributed by atoms with E-state index in [2.05, 4.69) is 10.3 Å². The van der Waals surface area contributed by atoms with E-state index < -0.39 is 5.97 Å². The van der Waals surface area contributed by atoms with E-state index in [0.717, 1.165) is 5.69 Å². The van der Waals surface area contributed by atoms with Gasteiger partial charge in [-0.3, -0.25) is 14.2 Å². The van der Waals surface area contributed by atoms with Crippen molar-refractivity contribution in [2.24, 2.45) is 5.92 Å². The lowest BCUT2D eigenvalue weighted by Gasteiger charge is -2.25. The van der Waals surface area contributed by atoms with Crippen LogP contribution in [0.1, 0.15) is 28.5 Å². The molecular formula is C17H19N3O4S2. The van der Waals surface area contributed by atoms with Gasteiger partial charge in [-0.05, 0) is 24.8 Å². The number of amides is 1. The van der Waals surface area contributed by atoms with Gasteiger partial charge in [-0.1, -0.05) is 18.7 Å². The Bertz CT molecular complexity index is 919. The Labute approximate surface area is 158 Å². The largest absolute Gasteiger partial charge is 0.465 e. The summed E-state index contributed by atoms with van der Waals surface area (Å²) in [6, 6.07) is 1.61. The molecule has 2 aromatic rings. The third-order valence-electron chi connectivity index (χ3n) is 4.28. The van der Waals surface area contributed by atoms with Gasteiger partial charge in [0, 0.05) is 23.6 Å². The van der Waals surface area contributed by atoms with E-state index in [1.54, 1.807) is 16.0 Å². The number of esters is 1. The number of aromatic nitrogens is 2. The molecule has 7 nitrogen and oxygen atoms in total. The molecule has 26 heavy (non-hydrogen) atoms. The SMILES string of the molecule is CCc1c(C)nc2n(c1=O)C[C@H](C(=O)Nc1sccc1C(=O)OC)CS2. The van der Waals surface area contributed by atoms with Crippen molar-refractivity contribution in [1.29, 1.82) is 0 Å². The van der Waals surface area contributed by atoms with Gasteiger partial charge in [0.05, 0.1) is 18.6 Å². The molecule has 2 aromatic heterocycles. The number of anilines is 1. The highest BCUT2D eigenvalue weighted by molar-refractivity contribution is 7.99. The fourth-order valence-electron chi connectivity index (χ4n) is 2.85. The Hall–Kier alpha value is -2.13. The van der Waals surface area contributed by atoms with E-state index in [-0.39, 0.29) is 23.9 Å². The lowest BCUT2D eigenvalue weighted by Crippen LogP contribution is -2.38. The second-order valence-corrected chi connectivity index (χ2v) is 7.78. The van der Waals surface area contributed by atoms with E-state index in [1.807, 2.05) is 13.8 Å². The van der Waals surface area contributed by atoms with Crippen molar-refractivity contribution in [3.8, 4) is 0 Å². The molecule has 1 amide bonds. The summed E-state index contributed by atoms with van der Waals surface area (Å²) in [5.74, 6) is -0.566. The first-order valence-corrected chi connectivity index (χ1v) is 10.0. The van der Waals surface area contributed by atoms with Crippen molar-refractivity contribution < 1.29 is 14.3 Å². The number of aryl methyl sites for hydroxylation is 1. The molecule has 1 aliphatic heterocycles. The van der Waals surface area contributed by atoms with Crippen molar-refractivity contribution in [1.82, 2.24) is 9.55 Å². The minimum absolute atomic E-state index is 0.0774. The molecular weight excluding hydrogens is 374 g/mol. The van der Waals surface area contributed by atoms with Crippen LogP contribution in [-0.2, 0) is 22.5 Å². The molecule has 0 radical (unpaired) electrons. The summed E-state index contributed by atoms with van der Waals surface area (Å²) >= 11 is 2.66. The number of thioether (sulfide) groups is 1.